The van der Waals surface area contributed by atoms with Crippen molar-refractivity contribution in [3.05, 3.63) is 11.9 Å². The van der Waals surface area contributed by atoms with Crippen LogP contribution in [0.25, 0.3) is 0 Å². The monoisotopic (exact) mass is 541 g/mol. The molecule has 1 aliphatic heterocycles. The summed E-state index contributed by atoms with van der Waals surface area (Å²) < 4.78 is 34.4. The van der Waals surface area contributed by atoms with Crippen LogP contribution in [0.4, 0.5) is 0 Å². The molecule has 13 heteroatoms. The standard InChI is InChI=1S/C25H39N3O10/c1-6-7-8-9-10-11-12-33-14-20-13-28(27-26-20)25-24(37-19(5)32)23(36-18(4)31)22(35-17(3)30)21(38-25)15-34-16(2)29/h13,21-25H,6-12,14-15H2,1-5H3/t21-,22-,23+,24+,25-/m1/s1. The van der Waals surface area contributed by atoms with Crippen LogP contribution in [0.1, 0.15) is 85.1 Å². The van der Waals surface area contributed by atoms with Gasteiger partial charge in [-0.15, -0.1) is 5.10 Å². The average molecular weight is 542 g/mol. The van der Waals surface area contributed by atoms with Gasteiger partial charge in [-0.05, 0) is 6.42 Å². The molecule has 1 aromatic heterocycles. The first-order valence-corrected chi connectivity index (χ1v) is 12.9. The Kier molecular flexibility index (Phi) is 13.1. The second-order valence-electron chi connectivity index (χ2n) is 9.10. The molecule has 0 aliphatic carbocycles. The smallest absolute Gasteiger partial charge is 0.303 e. The van der Waals surface area contributed by atoms with Crippen LogP contribution in [0.15, 0.2) is 6.20 Å². The average Bonchev–Trinajstić information content (AvgIpc) is 3.30. The van der Waals surface area contributed by atoms with Crippen molar-refractivity contribution in [2.45, 2.75) is 110 Å². The predicted octanol–water partition coefficient (Wildman–Crippen LogP) is 2.41. The number of hydrogen-bond donors (Lipinski definition) is 0. The molecular weight excluding hydrogens is 502 g/mol. The van der Waals surface area contributed by atoms with E-state index in [0.29, 0.717) is 12.3 Å². The van der Waals surface area contributed by atoms with Crippen molar-refractivity contribution in [2.75, 3.05) is 13.2 Å². The highest BCUT2D eigenvalue weighted by molar-refractivity contribution is 5.68. The summed E-state index contributed by atoms with van der Waals surface area (Å²) in [4.78, 5) is 47.3. The van der Waals surface area contributed by atoms with Crippen molar-refractivity contribution < 1.29 is 47.6 Å². The van der Waals surface area contributed by atoms with E-state index in [1.54, 1.807) is 6.20 Å². The Hall–Kier alpha value is -3.06. The van der Waals surface area contributed by atoms with E-state index in [2.05, 4.69) is 17.2 Å². The van der Waals surface area contributed by atoms with Gasteiger partial charge < -0.3 is 28.4 Å². The minimum absolute atomic E-state index is 0.209. The summed E-state index contributed by atoms with van der Waals surface area (Å²) in [5, 5.41) is 8.19. The molecule has 13 nitrogen and oxygen atoms in total. The topological polar surface area (TPSA) is 154 Å². The second-order valence-corrected chi connectivity index (χ2v) is 9.10. The van der Waals surface area contributed by atoms with Crippen molar-refractivity contribution in [3.63, 3.8) is 0 Å². The minimum atomic E-state index is -1.28. The molecule has 1 aliphatic rings. The number of esters is 4. The van der Waals surface area contributed by atoms with Crippen LogP contribution in [0.2, 0.25) is 0 Å². The number of carbonyl (C=O) groups excluding carboxylic acids is 4. The fourth-order valence-electron chi connectivity index (χ4n) is 4.08. The first-order chi connectivity index (χ1) is 18.1. The van der Waals surface area contributed by atoms with Crippen LogP contribution < -0.4 is 0 Å². The molecule has 0 spiro atoms. The Morgan fingerprint density at radius 1 is 0.842 bits per heavy atom. The van der Waals surface area contributed by atoms with Gasteiger partial charge in [-0.2, -0.15) is 0 Å². The number of nitrogens with zero attached hydrogens (tertiary/aromatic N) is 3. The van der Waals surface area contributed by atoms with Crippen LogP contribution in [-0.4, -0.2) is 76.5 Å². The summed E-state index contributed by atoms with van der Waals surface area (Å²) in [5.74, 6) is -2.69. The predicted molar refractivity (Wildman–Crippen MR) is 130 cm³/mol. The van der Waals surface area contributed by atoms with Gasteiger partial charge in [-0.25, -0.2) is 4.68 Å². The lowest BCUT2D eigenvalue weighted by Crippen LogP contribution is -2.60. The molecule has 1 saturated heterocycles. The lowest BCUT2D eigenvalue weighted by atomic mass is 9.97. The van der Waals surface area contributed by atoms with E-state index in [-0.39, 0.29) is 13.2 Å². The first kappa shape index (κ1) is 31.2. The quantitative estimate of drug-likeness (QED) is 0.182. The minimum Gasteiger partial charge on any atom is -0.463 e. The molecule has 0 N–H and O–H groups in total. The van der Waals surface area contributed by atoms with E-state index < -0.39 is 54.5 Å². The van der Waals surface area contributed by atoms with Crippen molar-refractivity contribution in [1.82, 2.24) is 15.0 Å². The zero-order valence-corrected chi connectivity index (χ0v) is 22.8. The maximum atomic E-state index is 12.0. The number of hydrogen-bond acceptors (Lipinski definition) is 12. The molecule has 5 atom stereocenters. The highest BCUT2D eigenvalue weighted by Crippen LogP contribution is 2.34. The van der Waals surface area contributed by atoms with Crippen LogP contribution in [0.5, 0.6) is 0 Å². The molecule has 0 aromatic carbocycles. The third kappa shape index (κ3) is 10.4. The maximum absolute atomic E-state index is 12.0. The van der Waals surface area contributed by atoms with Gasteiger partial charge >= 0.3 is 23.9 Å². The van der Waals surface area contributed by atoms with Gasteiger partial charge in [-0.1, -0.05) is 44.2 Å². The normalized spacial score (nSPS) is 22.9. The number of aromatic nitrogens is 3. The largest absolute Gasteiger partial charge is 0.463 e. The van der Waals surface area contributed by atoms with E-state index in [1.807, 2.05) is 0 Å². The third-order valence-corrected chi connectivity index (χ3v) is 5.68. The third-order valence-electron chi connectivity index (χ3n) is 5.68. The highest BCUT2D eigenvalue weighted by Gasteiger charge is 2.53. The fraction of sp³-hybridized carbons (Fsp3) is 0.760. The summed E-state index contributed by atoms with van der Waals surface area (Å²) in [6, 6.07) is 0. The van der Waals surface area contributed by atoms with Gasteiger partial charge in [0.25, 0.3) is 0 Å². The molecule has 0 saturated carbocycles. The Bertz CT molecular complexity index is 921. The Morgan fingerprint density at radius 3 is 2.08 bits per heavy atom. The van der Waals surface area contributed by atoms with E-state index in [4.69, 9.17) is 28.4 Å². The highest BCUT2D eigenvalue weighted by atomic mass is 16.7. The van der Waals surface area contributed by atoms with E-state index >= 15 is 0 Å². The van der Waals surface area contributed by atoms with Gasteiger partial charge in [0.05, 0.1) is 12.8 Å². The molecule has 1 aromatic rings. The first-order valence-electron chi connectivity index (χ1n) is 12.9. The van der Waals surface area contributed by atoms with Crippen molar-refractivity contribution in [1.29, 1.82) is 0 Å². The van der Waals surface area contributed by atoms with Gasteiger partial charge in [0.1, 0.15) is 18.4 Å². The summed E-state index contributed by atoms with van der Waals surface area (Å²) in [5.41, 5.74) is 0.504. The SMILES string of the molecule is CCCCCCCCOCc1cn([C@@H]2O[C@H](COC(C)=O)[C@@H](OC(C)=O)[C@H](OC(C)=O)[C@@H]2OC(C)=O)nn1. The van der Waals surface area contributed by atoms with Crippen molar-refractivity contribution in [2.24, 2.45) is 0 Å². The van der Waals surface area contributed by atoms with Crippen LogP contribution in [-0.2, 0) is 54.2 Å². The summed E-state index contributed by atoms with van der Waals surface area (Å²) in [7, 11) is 0. The molecule has 0 unspecified atom stereocenters. The molecule has 214 valence electrons. The maximum Gasteiger partial charge on any atom is 0.303 e. The van der Waals surface area contributed by atoms with Gasteiger partial charge in [0, 0.05) is 34.3 Å². The summed E-state index contributed by atoms with van der Waals surface area (Å²) in [6.07, 6.45) is 2.45. The van der Waals surface area contributed by atoms with Crippen LogP contribution >= 0.6 is 0 Å². The van der Waals surface area contributed by atoms with Crippen LogP contribution in [0.3, 0.4) is 0 Å². The molecule has 38 heavy (non-hydrogen) atoms. The second kappa shape index (κ2) is 16.0. The molecule has 2 rings (SSSR count). The number of ether oxygens (including phenoxy) is 6. The van der Waals surface area contributed by atoms with E-state index in [9.17, 15) is 19.2 Å². The van der Waals surface area contributed by atoms with E-state index in [1.165, 1.54) is 44.2 Å². The Morgan fingerprint density at radius 2 is 1.45 bits per heavy atom. The summed E-state index contributed by atoms with van der Waals surface area (Å²) in [6.45, 7) is 7.36. The molecule has 0 bridgehead atoms. The van der Waals surface area contributed by atoms with Crippen molar-refractivity contribution in [3.8, 4) is 0 Å². The molecule has 2 heterocycles. The lowest BCUT2D eigenvalue weighted by molar-refractivity contribution is -0.270. The number of rotatable bonds is 15. The van der Waals surface area contributed by atoms with E-state index in [0.717, 1.165) is 26.7 Å². The molecule has 1 fully saturated rings. The fourth-order valence-corrected chi connectivity index (χ4v) is 4.08. The Labute approximate surface area is 222 Å². The van der Waals surface area contributed by atoms with Gasteiger partial charge in [0.2, 0.25) is 0 Å². The zero-order chi connectivity index (χ0) is 28.1. The van der Waals surface area contributed by atoms with Gasteiger partial charge in [0.15, 0.2) is 24.5 Å². The van der Waals surface area contributed by atoms with Gasteiger partial charge in [-0.3, -0.25) is 19.2 Å². The number of unbranched alkanes of at least 4 members (excludes halogenated alkanes) is 5. The Balaban J connectivity index is 2.21. The van der Waals surface area contributed by atoms with Crippen molar-refractivity contribution >= 4 is 23.9 Å². The lowest BCUT2D eigenvalue weighted by Gasteiger charge is -2.44. The van der Waals surface area contributed by atoms with Crippen LogP contribution in [0, 0.1) is 0 Å². The molecule has 0 amide bonds. The molecular formula is C25H39N3O10. The number of carbonyl (C=O) groups is 4. The zero-order valence-electron chi connectivity index (χ0n) is 22.8. The molecule has 0 radical (unpaired) electrons. The summed E-state index contributed by atoms with van der Waals surface area (Å²) >= 11 is 0.